The summed E-state index contributed by atoms with van der Waals surface area (Å²) >= 11 is 0. The summed E-state index contributed by atoms with van der Waals surface area (Å²) in [5, 5.41) is 2.28. The van der Waals surface area contributed by atoms with Crippen LogP contribution in [0.4, 0.5) is 0 Å². The first-order valence-corrected chi connectivity index (χ1v) is 17.1. The van der Waals surface area contributed by atoms with Gasteiger partial charge in [-0.3, -0.25) is 9.78 Å². The Kier molecular flexibility index (Phi) is 9.75. The van der Waals surface area contributed by atoms with Gasteiger partial charge < -0.3 is 0 Å². The molecule has 0 unspecified atom stereocenters. The fraction of sp³-hybridized carbons (Fsp3) is 0.231. The zero-order valence-electron chi connectivity index (χ0n) is 20.3. The molecule has 0 heterocycles. The van der Waals surface area contributed by atoms with Crippen molar-refractivity contribution >= 4 is 38.5 Å². The predicted octanol–water partition coefficient (Wildman–Crippen LogP) is 4.95. The summed E-state index contributed by atoms with van der Waals surface area (Å²) in [5.74, 6) is -1.41. The molecule has 0 amide bonds. The van der Waals surface area contributed by atoms with Gasteiger partial charge in [-0.2, -0.15) is 0 Å². The zero-order chi connectivity index (χ0) is 25.4. The third kappa shape index (κ3) is 7.36. The van der Waals surface area contributed by atoms with Crippen molar-refractivity contribution in [2.24, 2.45) is 0 Å². The van der Waals surface area contributed by atoms with Crippen LogP contribution in [0.15, 0.2) is 73.1 Å². The van der Waals surface area contributed by atoms with Crippen LogP contribution < -0.4 is 10.4 Å². The van der Waals surface area contributed by atoms with Crippen LogP contribution in [0.25, 0.3) is 0 Å². The number of hydrogen-bond donors (Lipinski definition) is 0. The molecule has 0 aromatic heterocycles. The molecule has 0 N–H and O–H groups in total. The Hall–Kier alpha value is -2.79. The first-order chi connectivity index (χ1) is 16.0. The summed E-state index contributed by atoms with van der Waals surface area (Å²) in [7, 11) is -3.45. The molecule has 0 atom stereocenters. The number of carbonyl (C=O) groups excluding carboxylic acids is 2. The highest BCUT2D eigenvalue weighted by Crippen LogP contribution is 2.17. The minimum Gasteiger partial charge on any atom is -0.289 e. The Labute approximate surface area is 204 Å². The second kappa shape index (κ2) is 12.1. The number of benzene rings is 2. The number of hydrogen-bond acceptors (Lipinski definition) is 6. The Morgan fingerprint density at radius 2 is 1.06 bits per heavy atom. The Bertz CT molecular complexity index is 917. The maximum Gasteiger partial charge on any atom is 0.373 e. The highest BCUT2D eigenvalue weighted by atomic mass is 28.3. The van der Waals surface area contributed by atoms with Gasteiger partial charge in [0.15, 0.2) is 0 Å². The molecule has 0 saturated carbocycles. The molecule has 0 saturated heterocycles. The van der Waals surface area contributed by atoms with Gasteiger partial charge in [-0.15, -0.1) is 22.9 Å². The normalized spacial score (nSPS) is 11.7. The maximum atomic E-state index is 12.3. The smallest absolute Gasteiger partial charge is 0.289 e. The molecule has 0 aliphatic heterocycles. The minimum atomic E-state index is -1.72. The first-order valence-electron chi connectivity index (χ1n) is 10.9. The molecule has 2 rings (SSSR count). The molecule has 6 nitrogen and oxygen atoms in total. The van der Waals surface area contributed by atoms with Crippen molar-refractivity contribution in [3.05, 3.63) is 97.4 Å². The molecule has 0 aliphatic carbocycles. The zero-order valence-corrected chi connectivity index (χ0v) is 22.3. The summed E-state index contributed by atoms with van der Waals surface area (Å²) in [5.41, 5.74) is 4.57. The van der Waals surface area contributed by atoms with Crippen LogP contribution in [0.3, 0.4) is 0 Å². The molecular formula is C26H32O6Si2. The quantitative estimate of drug-likeness (QED) is 0.235. The van der Waals surface area contributed by atoms with Gasteiger partial charge in [-0.1, -0.05) is 79.1 Å². The van der Waals surface area contributed by atoms with E-state index in [0.717, 1.165) is 10.4 Å². The maximum absolute atomic E-state index is 12.3. The van der Waals surface area contributed by atoms with Gasteiger partial charge in [-0.05, 0) is 30.7 Å². The SMILES string of the molecule is [CH2]CC[C](OOC(=O)c1ccc([Si](C)(C)C=C)cc1)OOC(=O)c1ccc([Si](C)(C)C=C)cc1. The Morgan fingerprint density at radius 3 is 1.35 bits per heavy atom. The van der Waals surface area contributed by atoms with Gasteiger partial charge in [0, 0.05) is 6.42 Å². The Morgan fingerprint density at radius 1 is 0.706 bits per heavy atom. The first kappa shape index (κ1) is 27.5. The lowest BCUT2D eigenvalue weighted by atomic mass is 10.2. The van der Waals surface area contributed by atoms with Gasteiger partial charge in [0.25, 0.3) is 0 Å². The lowest BCUT2D eigenvalue weighted by molar-refractivity contribution is -0.363. The van der Waals surface area contributed by atoms with E-state index in [1.165, 1.54) is 0 Å². The van der Waals surface area contributed by atoms with Crippen molar-refractivity contribution in [1.82, 2.24) is 0 Å². The van der Waals surface area contributed by atoms with E-state index in [1.807, 2.05) is 35.7 Å². The monoisotopic (exact) mass is 496 g/mol. The molecule has 180 valence electrons. The van der Waals surface area contributed by atoms with Gasteiger partial charge in [0.1, 0.15) is 16.1 Å². The average Bonchev–Trinajstić information content (AvgIpc) is 2.85. The lowest BCUT2D eigenvalue weighted by Gasteiger charge is -2.18. The molecule has 0 fully saturated rings. The molecular weight excluding hydrogens is 464 g/mol. The molecule has 34 heavy (non-hydrogen) atoms. The molecule has 2 radical (unpaired) electrons. The minimum absolute atomic E-state index is 0.163. The lowest BCUT2D eigenvalue weighted by Crippen LogP contribution is -2.39. The summed E-state index contributed by atoms with van der Waals surface area (Å²) in [6.07, 6.45) is 0.345. The van der Waals surface area contributed by atoms with E-state index in [4.69, 9.17) is 19.6 Å². The van der Waals surface area contributed by atoms with Crippen LogP contribution in [0.2, 0.25) is 26.2 Å². The molecule has 2 aromatic rings. The van der Waals surface area contributed by atoms with E-state index >= 15 is 0 Å². The highest BCUT2D eigenvalue weighted by Gasteiger charge is 2.23. The number of rotatable bonds is 12. The van der Waals surface area contributed by atoms with Gasteiger partial charge >= 0.3 is 18.2 Å². The fourth-order valence-electron chi connectivity index (χ4n) is 2.81. The molecule has 0 bridgehead atoms. The van der Waals surface area contributed by atoms with Crippen LogP contribution in [-0.4, -0.2) is 28.1 Å². The van der Waals surface area contributed by atoms with E-state index in [1.54, 1.807) is 24.3 Å². The van der Waals surface area contributed by atoms with Crippen molar-refractivity contribution in [1.29, 1.82) is 0 Å². The predicted molar refractivity (Wildman–Crippen MR) is 138 cm³/mol. The van der Waals surface area contributed by atoms with Crippen molar-refractivity contribution in [2.75, 3.05) is 0 Å². The summed E-state index contributed by atoms with van der Waals surface area (Å²) < 4.78 is 0. The average molecular weight is 497 g/mol. The standard InChI is InChI=1S/C26H32O6Si2/c1-8-11-24(29-31-25(27)20-12-16-22(17-13-20)33(4,5)9-2)30-32-26(28)21-14-18-23(19-15-21)34(6,7)10-3/h9-10,12-19H,1-3,8,11H2,4-7H3. The second-order valence-corrected chi connectivity index (χ2v) is 17.7. The van der Waals surface area contributed by atoms with Crippen LogP contribution in [0, 0.1) is 13.2 Å². The van der Waals surface area contributed by atoms with E-state index in [0.29, 0.717) is 17.5 Å². The second-order valence-electron chi connectivity index (χ2n) is 8.89. The fourth-order valence-corrected chi connectivity index (χ4v) is 5.34. The Balaban J connectivity index is 1.93. The van der Waals surface area contributed by atoms with E-state index in [2.05, 4.69) is 46.3 Å². The largest absolute Gasteiger partial charge is 0.373 e. The van der Waals surface area contributed by atoms with Gasteiger partial charge in [0.05, 0.1) is 11.1 Å². The summed E-state index contributed by atoms with van der Waals surface area (Å²) in [6.45, 7) is 20.1. The van der Waals surface area contributed by atoms with Crippen molar-refractivity contribution in [2.45, 2.75) is 39.0 Å². The van der Waals surface area contributed by atoms with Crippen molar-refractivity contribution < 1.29 is 29.1 Å². The van der Waals surface area contributed by atoms with Crippen LogP contribution in [0.5, 0.6) is 0 Å². The summed E-state index contributed by atoms with van der Waals surface area (Å²) in [4.78, 5) is 44.4. The van der Waals surface area contributed by atoms with Crippen molar-refractivity contribution in [3.63, 3.8) is 0 Å². The van der Waals surface area contributed by atoms with E-state index in [9.17, 15) is 9.59 Å². The molecule has 0 spiro atoms. The van der Waals surface area contributed by atoms with E-state index in [-0.39, 0.29) is 12.7 Å². The van der Waals surface area contributed by atoms with Gasteiger partial charge in [0.2, 0.25) is 0 Å². The van der Waals surface area contributed by atoms with Crippen LogP contribution in [-0.2, 0) is 19.6 Å². The topological polar surface area (TPSA) is 71.1 Å². The third-order valence-electron chi connectivity index (χ3n) is 5.55. The molecule has 8 heteroatoms. The molecule has 0 aliphatic rings. The van der Waals surface area contributed by atoms with E-state index < -0.39 is 28.1 Å². The summed E-state index contributed by atoms with van der Waals surface area (Å²) in [6, 6.07) is 14.2. The highest BCUT2D eigenvalue weighted by molar-refractivity contribution is 6.94. The van der Waals surface area contributed by atoms with Crippen LogP contribution >= 0.6 is 0 Å². The van der Waals surface area contributed by atoms with Gasteiger partial charge in [-0.25, -0.2) is 9.59 Å². The van der Waals surface area contributed by atoms with Crippen LogP contribution in [0.1, 0.15) is 33.6 Å². The van der Waals surface area contributed by atoms with Crippen molar-refractivity contribution in [3.8, 4) is 0 Å². The third-order valence-corrected chi connectivity index (χ3v) is 11.2. The number of carbonyl (C=O) groups is 2. The molecule has 2 aromatic carbocycles.